The molecule has 0 saturated carbocycles. The highest BCUT2D eigenvalue weighted by atomic mass is 19.4. The molecule has 0 unspecified atom stereocenters. The molecule has 0 N–H and O–H groups in total. The van der Waals surface area contributed by atoms with Gasteiger partial charge in [-0.2, -0.15) is 13.2 Å². The third-order valence-corrected chi connectivity index (χ3v) is 10.4. The molecule has 9 aromatic rings. The number of benzene rings is 7. The number of aryl methyl sites for hydroxylation is 3. The summed E-state index contributed by atoms with van der Waals surface area (Å²) in [5.74, 6) is 0. The maximum Gasteiger partial charge on any atom is 0.417 e. The molecule has 0 aliphatic carbocycles. The van der Waals surface area contributed by atoms with Gasteiger partial charge in [-0.05, 0) is 104 Å². The van der Waals surface area contributed by atoms with Gasteiger partial charge < -0.3 is 9.13 Å². The molecule has 3 nitrogen and oxygen atoms in total. The maximum atomic E-state index is 14.6. The Morgan fingerprint density at radius 2 is 1.09 bits per heavy atom. The molecule has 2 heterocycles. The van der Waals surface area contributed by atoms with Crippen LogP contribution in [0.25, 0.3) is 82.1 Å². The molecule has 7 aromatic carbocycles. The zero-order valence-corrected chi connectivity index (χ0v) is 29.3. The minimum Gasteiger partial charge on any atom is -0.309 e. The molecular weight excluding hydrogens is 664 g/mol. The Morgan fingerprint density at radius 3 is 1.70 bits per heavy atom. The number of nitrogens with zero attached hydrogens (tertiary/aromatic N) is 3. The van der Waals surface area contributed by atoms with Crippen molar-refractivity contribution in [2.45, 2.75) is 26.9 Å². The minimum atomic E-state index is -4.55. The van der Waals surface area contributed by atoms with Gasteiger partial charge in [-0.15, -0.1) is 0 Å². The largest absolute Gasteiger partial charge is 0.417 e. The van der Waals surface area contributed by atoms with Crippen LogP contribution in [0.15, 0.2) is 140 Å². The fourth-order valence-corrected chi connectivity index (χ4v) is 8.08. The van der Waals surface area contributed by atoms with Crippen LogP contribution in [0.3, 0.4) is 0 Å². The van der Waals surface area contributed by atoms with Gasteiger partial charge in [0.2, 0.25) is 0 Å². The second-order valence-corrected chi connectivity index (χ2v) is 13.8. The van der Waals surface area contributed by atoms with Crippen LogP contribution in [-0.4, -0.2) is 9.13 Å². The average molecular weight is 696 g/mol. The van der Waals surface area contributed by atoms with Crippen molar-refractivity contribution in [3.63, 3.8) is 0 Å². The van der Waals surface area contributed by atoms with Gasteiger partial charge in [0, 0.05) is 27.1 Å². The Labute approximate surface area is 304 Å². The Balaban J connectivity index is 1.44. The van der Waals surface area contributed by atoms with E-state index < -0.39 is 11.7 Å². The summed E-state index contributed by atoms with van der Waals surface area (Å²) < 4.78 is 48.3. The lowest BCUT2D eigenvalue weighted by Crippen LogP contribution is -2.08. The van der Waals surface area contributed by atoms with E-state index >= 15 is 0 Å². The van der Waals surface area contributed by atoms with E-state index in [4.69, 9.17) is 6.57 Å². The monoisotopic (exact) mass is 695 g/mol. The molecule has 0 radical (unpaired) electrons. The molecule has 0 aliphatic heterocycles. The first kappa shape index (κ1) is 32.3. The molecule has 0 amide bonds. The lowest BCUT2D eigenvalue weighted by Gasteiger charge is -2.21. The highest BCUT2D eigenvalue weighted by Crippen LogP contribution is 2.45. The lowest BCUT2D eigenvalue weighted by molar-refractivity contribution is -0.137. The third-order valence-electron chi connectivity index (χ3n) is 10.4. The molecular formula is C47H32F3N3. The molecule has 0 atom stereocenters. The molecule has 53 heavy (non-hydrogen) atoms. The summed E-state index contributed by atoms with van der Waals surface area (Å²) in [6, 6.07) is 44.9. The zero-order valence-electron chi connectivity index (χ0n) is 29.3. The fraction of sp³-hybridized carbons (Fsp3) is 0.0851. The van der Waals surface area contributed by atoms with Gasteiger partial charge in [-0.1, -0.05) is 90.0 Å². The second kappa shape index (κ2) is 12.0. The number of para-hydroxylation sites is 2. The van der Waals surface area contributed by atoms with Crippen LogP contribution >= 0.6 is 0 Å². The van der Waals surface area contributed by atoms with Crippen molar-refractivity contribution < 1.29 is 13.2 Å². The Morgan fingerprint density at radius 1 is 0.509 bits per heavy atom. The molecule has 2 aromatic heterocycles. The molecule has 0 bridgehead atoms. The summed E-state index contributed by atoms with van der Waals surface area (Å²) in [6.45, 7) is 13.9. The smallest absolute Gasteiger partial charge is 0.309 e. The van der Waals surface area contributed by atoms with Gasteiger partial charge in [0.1, 0.15) is 0 Å². The van der Waals surface area contributed by atoms with E-state index in [1.807, 2.05) is 54.6 Å². The van der Waals surface area contributed by atoms with Gasteiger partial charge in [0.25, 0.3) is 0 Å². The number of hydrogen-bond acceptors (Lipinski definition) is 0. The summed E-state index contributed by atoms with van der Waals surface area (Å²) >= 11 is 0. The first-order chi connectivity index (χ1) is 25.6. The predicted octanol–water partition coefficient (Wildman–Crippen LogP) is 13.7. The SMILES string of the molecule is [C-]#[N+]c1ccc(-n2c3ccccc3c3cc(C)ccc32)c(-c2ccc(-c3c(C)cccc3C(F)(F)F)cc2-n2c3ccccc3c3cc(C)ccc32)c1. The van der Waals surface area contributed by atoms with Crippen LogP contribution in [0.2, 0.25) is 0 Å². The Kier molecular flexibility index (Phi) is 7.32. The van der Waals surface area contributed by atoms with Crippen LogP contribution in [-0.2, 0) is 6.18 Å². The second-order valence-electron chi connectivity index (χ2n) is 13.8. The number of fused-ring (bicyclic) bond motifs is 6. The van der Waals surface area contributed by atoms with Crippen molar-refractivity contribution in [3.05, 3.63) is 173 Å². The third kappa shape index (κ3) is 5.11. The van der Waals surface area contributed by atoms with Crippen molar-refractivity contribution in [2.75, 3.05) is 0 Å². The van der Waals surface area contributed by atoms with Crippen LogP contribution in [0.5, 0.6) is 0 Å². The number of aromatic nitrogens is 2. The topological polar surface area (TPSA) is 14.2 Å². The Hall–Kier alpha value is -6.58. The summed E-state index contributed by atoms with van der Waals surface area (Å²) in [4.78, 5) is 3.84. The zero-order chi connectivity index (χ0) is 36.6. The Bertz CT molecular complexity index is 2990. The van der Waals surface area contributed by atoms with Crippen LogP contribution in [0.4, 0.5) is 18.9 Å². The van der Waals surface area contributed by atoms with E-state index in [0.717, 1.165) is 77.6 Å². The van der Waals surface area contributed by atoms with Gasteiger partial charge in [0.15, 0.2) is 5.69 Å². The van der Waals surface area contributed by atoms with Crippen LogP contribution in [0, 0.1) is 27.3 Å². The van der Waals surface area contributed by atoms with E-state index in [9.17, 15) is 13.2 Å². The molecule has 0 aliphatic rings. The lowest BCUT2D eigenvalue weighted by atomic mass is 9.91. The van der Waals surface area contributed by atoms with E-state index in [1.54, 1.807) is 19.1 Å². The average Bonchev–Trinajstić information content (AvgIpc) is 3.66. The van der Waals surface area contributed by atoms with E-state index in [-0.39, 0.29) is 5.56 Å². The van der Waals surface area contributed by atoms with E-state index in [2.05, 4.69) is 88.5 Å². The normalized spacial score (nSPS) is 11.9. The van der Waals surface area contributed by atoms with Crippen molar-refractivity contribution >= 4 is 49.3 Å². The predicted molar refractivity (Wildman–Crippen MR) is 211 cm³/mol. The summed E-state index contributed by atoms with van der Waals surface area (Å²) in [5, 5.41) is 4.33. The summed E-state index contributed by atoms with van der Waals surface area (Å²) in [5.41, 5.74) is 10.3. The highest BCUT2D eigenvalue weighted by Gasteiger charge is 2.34. The maximum absolute atomic E-state index is 14.6. The van der Waals surface area contributed by atoms with Crippen LogP contribution < -0.4 is 0 Å². The van der Waals surface area contributed by atoms with Crippen molar-refractivity contribution in [1.29, 1.82) is 0 Å². The first-order valence-corrected chi connectivity index (χ1v) is 17.5. The van der Waals surface area contributed by atoms with Crippen molar-refractivity contribution in [1.82, 2.24) is 9.13 Å². The van der Waals surface area contributed by atoms with Gasteiger partial charge in [-0.25, -0.2) is 4.85 Å². The summed E-state index contributed by atoms with van der Waals surface area (Å²) in [6.07, 6.45) is -4.55. The van der Waals surface area contributed by atoms with E-state index in [1.165, 1.54) is 6.07 Å². The molecule has 0 saturated heterocycles. The molecule has 0 spiro atoms. The van der Waals surface area contributed by atoms with Crippen molar-refractivity contribution in [2.24, 2.45) is 0 Å². The quantitative estimate of drug-likeness (QED) is 0.163. The molecule has 0 fully saturated rings. The highest BCUT2D eigenvalue weighted by molar-refractivity contribution is 6.12. The molecule has 256 valence electrons. The van der Waals surface area contributed by atoms with Gasteiger partial charge >= 0.3 is 6.18 Å². The number of halogens is 3. The van der Waals surface area contributed by atoms with Crippen LogP contribution in [0.1, 0.15) is 22.3 Å². The first-order valence-electron chi connectivity index (χ1n) is 17.5. The number of alkyl halides is 3. The van der Waals surface area contributed by atoms with Gasteiger partial charge in [0.05, 0.1) is 45.6 Å². The van der Waals surface area contributed by atoms with E-state index in [0.29, 0.717) is 22.5 Å². The standard InChI is InChI=1S/C47H32F3N3/c1-28-16-21-42-36(24-28)33-11-5-7-14-40(33)52(42)44-23-19-32(51-4)27-38(44)35-20-18-31(46-30(3)10-9-13-39(46)47(48,49)50)26-45(35)53-41-15-8-6-12-34(41)37-25-29(2)17-22-43(37)53/h5-27H,1-3H3. The minimum absolute atomic E-state index is 0.150. The molecule has 9 rings (SSSR count). The molecule has 6 heteroatoms. The van der Waals surface area contributed by atoms with Gasteiger partial charge in [-0.3, -0.25) is 0 Å². The van der Waals surface area contributed by atoms with Crippen molar-refractivity contribution in [3.8, 4) is 33.6 Å². The summed E-state index contributed by atoms with van der Waals surface area (Å²) in [7, 11) is 0. The number of rotatable bonds is 4. The fourth-order valence-electron chi connectivity index (χ4n) is 8.08. The number of hydrogen-bond donors (Lipinski definition) is 0.